The molecule has 0 amide bonds. The van der Waals surface area contributed by atoms with E-state index < -0.39 is 0 Å². The standard InChI is InChI=1S/C18H15N3/c1-2-21-12-11-14(13-7-3-6-10-17(13)21)18-19-15-8-4-5-9-16(15)20-18/h3-12H,2H2,1H3. The maximum Gasteiger partial charge on any atom is 0.161 e. The average Bonchev–Trinajstić information content (AvgIpc) is 2.97. The third-order valence-electron chi connectivity index (χ3n) is 3.84. The number of para-hydroxylation sites is 3. The predicted molar refractivity (Wildman–Crippen MR) is 84.3 cm³/mol. The molecule has 2 aliphatic heterocycles. The second kappa shape index (κ2) is 4.70. The summed E-state index contributed by atoms with van der Waals surface area (Å²) in [4.78, 5) is 11.6. The number of fused-ring (bicyclic) bond motifs is 2. The Balaban J connectivity index is 1.95. The highest BCUT2D eigenvalue weighted by Crippen LogP contribution is 2.34. The van der Waals surface area contributed by atoms with Crippen LogP contribution in [-0.2, 0) is 0 Å². The van der Waals surface area contributed by atoms with Crippen molar-refractivity contribution in [3.63, 3.8) is 0 Å². The van der Waals surface area contributed by atoms with E-state index in [0.29, 0.717) is 0 Å². The minimum Gasteiger partial charge on any atom is -0.348 e. The number of hydrogen-bond acceptors (Lipinski definition) is 3. The summed E-state index contributed by atoms with van der Waals surface area (Å²) in [6.45, 7) is 3.10. The van der Waals surface area contributed by atoms with Crippen LogP contribution < -0.4 is 15.6 Å². The van der Waals surface area contributed by atoms with Crippen LogP contribution in [0.4, 0.5) is 5.69 Å². The van der Waals surface area contributed by atoms with Crippen molar-refractivity contribution in [1.82, 2.24) is 0 Å². The molecule has 0 spiro atoms. The van der Waals surface area contributed by atoms with Crippen molar-refractivity contribution < 1.29 is 0 Å². The lowest BCUT2D eigenvalue weighted by atomic mass is 10.00. The molecule has 0 radical (unpaired) electrons. The third kappa shape index (κ3) is 1.89. The summed E-state index contributed by atoms with van der Waals surface area (Å²) in [5.41, 5.74) is 3.50. The first-order chi connectivity index (χ1) is 10.4. The Hall–Kier alpha value is -2.68. The minimum atomic E-state index is 0.802. The van der Waals surface area contributed by atoms with Gasteiger partial charge in [0, 0.05) is 29.6 Å². The zero-order valence-corrected chi connectivity index (χ0v) is 11.8. The van der Waals surface area contributed by atoms with Crippen molar-refractivity contribution in [2.45, 2.75) is 6.92 Å². The van der Waals surface area contributed by atoms with Gasteiger partial charge in [-0.05, 0) is 31.2 Å². The van der Waals surface area contributed by atoms with E-state index in [1.165, 1.54) is 11.3 Å². The number of nitrogens with zero attached hydrogens (tertiary/aromatic N) is 3. The van der Waals surface area contributed by atoms with Crippen LogP contribution in [0.15, 0.2) is 76.6 Å². The largest absolute Gasteiger partial charge is 0.348 e. The monoisotopic (exact) mass is 273 g/mol. The van der Waals surface area contributed by atoms with Gasteiger partial charge in [-0.2, -0.15) is 0 Å². The van der Waals surface area contributed by atoms with E-state index in [0.717, 1.165) is 28.7 Å². The van der Waals surface area contributed by atoms with Crippen LogP contribution in [0.1, 0.15) is 12.5 Å². The molecule has 102 valence electrons. The molecule has 3 heteroatoms. The molecule has 2 aliphatic rings. The summed E-state index contributed by atoms with van der Waals surface area (Å²) in [5.74, 6) is 0.802. The van der Waals surface area contributed by atoms with Crippen LogP contribution in [0.5, 0.6) is 0 Å². The molecule has 2 heterocycles. The van der Waals surface area contributed by atoms with Crippen molar-refractivity contribution in [2.75, 3.05) is 11.4 Å². The maximum atomic E-state index is 4.67. The van der Waals surface area contributed by atoms with Crippen LogP contribution in [0.25, 0.3) is 5.57 Å². The summed E-state index contributed by atoms with van der Waals surface area (Å²) in [5, 5.41) is 1.90. The Bertz CT molecular complexity index is 854. The van der Waals surface area contributed by atoms with Crippen LogP contribution in [0.2, 0.25) is 0 Å². The molecule has 0 bridgehead atoms. The Morgan fingerprint density at radius 3 is 2.29 bits per heavy atom. The van der Waals surface area contributed by atoms with Gasteiger partial charge in [0.25, 0.3) is 0 Å². The molecular weight excluding hydrogens is 258 g/mol. The molecule has 0 fully saturated rings. The fraction of sp³-hybridized carbons (Fsp3) is 0.111. The van der Waals surface area contributed by atoms with Crippen LogP contribution in [-0.4, -0.2) is 6.54 Å². The lowest BCUT2D eigenvalue weighted by molar-refractivity contribution is 1.00. The van der Waals surface area contributed by atoms with Crippen LogP contribution >= 0.6 is 0 Å². The average molecular weight is 273 g/mol. The smallest absolute Gasteiger partial charge is 0.161 e. The zero-order valence-electron chi connectivity index (χ0n) is 11.8. The number of anilines is 1. The topological polar surface area (TPSA) is 28.0 Å². The Kier molecular flexibility index (Phi) is 2.71. The van der Waals surface area contributed by atoms with Crippen molar-refractivity contribution in [3.8, 4) is 0 Å². The lowest BCUT2D eigenvalue weighted by Crippen LogP contribution is -2.19. The number of allylic oxidation sites excluding steroid dienone is 2. The van der Waals surface area contributed by atoms with E-state index in [-0.39, 0.29) is 0 Å². The molecule has 0 aliphatic carbocycles. The number of hydrogen-bond donors (Lipinski definition) is 0. The van der Waals surface area contributed by atoms with E-state index >= 15 is 0 Å². The van der Waals surface area contributed by atoms with Gasteiger partial charge in [-0.25, -0.2) is 9.98 Å². The molecule has 3 nitrogen and oxygen atoms in total. The minimum absolute atomic E-state index is 0.802. The van der Waals surface area contributed by atoms with Gasteiger partial charge in [-0.15, -0.1) is 0 Å². The van der Waals surface area contributed by atoms with E-state index in [2.05, 4.69) is 58.3 Å². The Morgan fingerprint density at radius 1 is 0.905 bits per heavy atom. The van der Waals surface area contributed by atoms with Crippen molar-refractivity contribution in [2.24, 2.45) is 9.98 Å². The Labute approximate surface area is 123 Å². The van der Waals surface area contributed by atoms with Gasteiger partial charge in [-0.1, -0.05) is 30.3 Å². The molecule has 0 aromatic heterocycles. The summed E-state index contributed by atoms with van der Waals surface area (Å²) in [6, 6.07) is 16.4. The first-order valence-electron chi connectivity index (χ1n) is 7.18. The number of rotatable bonds is 1. The third-order valence-corrected chi connectivity index (χ3v) is 3.84. The molecule has 2 aromatic rings. The van der Waals surface area contributed by atoms with Crippen LogP contribution in [0, 0.1) is 0 Å². The van der Waals surface area contributed by atoms with E-state index in [1.54, 1.807) is 0 Å². The van der Waals surface area contributed by atoms with Gasteiger partial charge in [0.05, 0.1) is 10.7 Å². The highest BCUT2D eigenvalue weighted by molar-refractivity contribution is 5.87. The summed E-state index contributed by atoms with van der Waals surface area (Å²) in [7, 11) is 0. The zero-order chi connectivity index (χ0) is 14.2. The van der Waals surface area contributed by atoms with Crippen LogP contribution in [0.3, 0.4) is 0 Å². The second-order valence-corrected chi connectivity index (χ2v) is 5.07. The van der Waals surface area contributed by atoms with Gasteiger partial charge >= 0.3 is 0 Å². The quantitative estimate of drug-likeness (QED) is 0.785. The van der Waals surface area contributed by atoms with E-state index in [9.17, 15) is 0 Å². The van der Waals surface area contributed by atoms with Gasteiger partial charge in [0.15, 0.2) is 5.82 Å². The molecule has 4 rings (SSSR count). The SMILES string of the molecule is CCN1C=CC(=C2N=c3ccccc3=N2)c2ccccc21. The fourth-order valence-electron chi connectivity index (χ4n) is 2.78. The predicted octanol–water partition coefficient (Wildman–Crippen LogP) is 2.66. The maximum absolute atomic E-state index is 4.67. The molecule has 0 unspecified atom stereocenters. The fourth-order valence-corrected chi connectivity index (χ4v) is 2.78. The summed E-state index contributed by atoms with van der Waals surface area (Å²) in [6.07, 6.45) is 4.22. The second-order valence-electron chi connectivity index (χ2n) is 5.07. The molecule has 0 atom stereocenters. The highest BCUT2D eigenvalue weighted by Gasteiger charge is 2.18. The number of benzene rings is 2. The van der Waals surface area contributed by atoms with Crippen molar-refractivity contribution in [1.29, 1.82) is 0 Å². The lowest BCUT2D eigenvalue weighted by Gasteiger charge is -2.26. The highest BCUT2D eigenvalue weighted by atomic mass is 15.1. The normalized spacial score (nSPS) is 15.4. The molecule has 21 heavy (non-hydrogen) atoms. The summed E-state index contributed by atoms with van der Waals surface area (Å²) >= 11 is 0. The van der Waals surface area contributed by atoms with Crippen molar-refractivity contribution >= 4 is 11.3 Å². The first kappa shape index (κ1) is 12.1. The van der Waals surface area contributed by atoms with Gasteiger partial charge < -0.3 is 4.90 Å². The first-order valence-corrected chi connectivity index (χ1v) is 7.18. The van der Waals surface area contributed by atoms with Gasteiger partial charge in [0.1, 0.15) is 0 Å². The Morgan fingerprint density at radius 2 is 1.57 bits per heavy atom. The van der Waals surface area contributed by atoms with Gasteiger partial charge in [-0.3, -0.25) is 0 Å². The van der Waals surface area contributed by atoms with E-state index in [4.69, 9.17) is 0 Å². The molecule has 0 N–H and O–H groups in total. The molecule has 0 saturated carbocycles. The molecule has 0 saturated heterocycles. The van der Waals surface area contributed by atoms with Gasteiger partial charge in [0.2, 0.25) is 0 Å². The van der Waals surface area contributed by atoms with E-state index in [1.807, 2.05) is 24.3 Å². The van der Waals surface area contributed by atoms with Crippen molar-refractivity contribution in [3.05, 3.63) is 82.9 Å². The summed E-state index contributed by atoms with van der Waals surface area (Å²) < 4.78 is 0. The molecule has 2 aromatic carbocycles. The molecular formula is C18H15N3.